The van der Waals surface area contributed by atoms with Gasteiger partial charge in [-0.2, -0.15) is 5.26 Å². The number of nitrogens with zero attached hydrogens (tertiary/aromatic N) is 6. The van der Waals surface area contributed by atoms with Gasteiger partial charge in [0.1, 0.15) is 34.9 Å². The number of halogens is 1. The van der Waals surface area contributed by atoms with Gasteiger partial charge in [-0.25, -0.2) is 19.9 Å². The summed E-state index contributed by atoms with van der Waals surface area (Å²) in [6.45, 7) is 1.70. The molecule has 1 atom stereocenters. The topological polar surface area (TPSA) is 161 Å². The summed E-state index contributed by atoms with van der Waals surface area (Å²) in [6.07, 6.45) is 3.35. The Labute approximate surface area is 199 Å². The number of nitriles is 1. The lowest BCUT2D eigenvalue weighted by atomic mass is 10.1. The van der Waals surface area contributed by atoms with Crippen LogP contribution in [-0.2, 0) is 0 Å². The Bertz CT molecular complexity index is 1520. The summed E-state index contributed by atoms with van der Waals surface area (Å²) < 4.78 is 1.49. The van der Waals surface area contributed by atoms with Crippen molar-refractivity contribution in [2.75, 3.05) is 16.8 Å². The molecule has 1 fully saturated rings. The first-order chi connectivity index (χ1) is 16.4. The minimum Gasteiger partial charge on any atom is -0.384 e. The molecular weight excluding hydrogens is 454 g/mol. The van der Waals surface area contributed by atoms with E-state index in [4.69, 9.17) is 28.1 Å². The summed E-state index contributed by atoms with van der Waals surface area (Å²) >= 11 is 6.39. The SMILES string of the molecule is Cc1nc(N)c(C#N)c(N[C@H](c2nc3cccc(Cl)c3c(=O)n2-c2ccc(N)nc2)C2CC2)n1. The molecule has 0 amide bonds. The van der Waals surface area contributed by atoms with Crippen LogP contribution in [0.15, 0.2) is 41.3 Å². The molecule has 11 heteroatoms. The molecule has 34 heavy (non-hydrogen) atoms. The first-order valence-electron chi connectivity index (χ1n) is 10.6. The fourth-order valence-electron chi connectivity index (χ4n) is 3.97. The maximum Gasteiger partial charge on any atom is 0.267 e. The summed E-state index contributed by atoms with van der Waals surface area (Å²) in [5.41, 5.74) is 12.5. The number of anilines is 3. The van der Waals surface area contributed by atoms with E-state index in [1.807, 2.05) is 0 Å². The van der Waals surface area contributed by atoms with Crippen LogP contribution in [0.2, 0.25) is 5.02 Å². The van der Waals surface area contributed by atoms with Gasteiger partial charge in [-0.3, -0.25) is 9.36 Å². The minimum atomic E-state index is -0.436. The van der Waals surface area contributed by atoms with Crippen LogP contribution < -0.4 is 22.3 Å². The van der Waals surface area contributed by atoms with Crippen molar-refractivity contribution in [3.8, 4) is 11.8 Å². The van der Waals surface area contributed by atoms with Crippen molar-refractivity contribution in [2.24, 2.45) is 5.92 Å². The predicted molar refractivity (Wildman–Crippen MR) is 130 cm³/mol. The van der Waals surface area contributed by atoms with E-state index in [1.165, 1.54) is 10.8 Å². The second-order valence-corrected chi connectivity index (χ2v) is 8.54. The highest BCUT2D eigenvalue weighted by molar-refractivity contribution is 6.35. The highest BCUT2D eigenvalue weighted by atomic mass is 35.5. The van der Waals surface area contributed by atoms with Crippen molar-refractivity contribution in [3.05, 3.63) is 69.1 Å². The molecule has 0 radical (unpaired) electrons. The first kappa shape index (κ1) is 21.6. The molecule has 4 aromatic rings. The molecule has 0 saturated heterocycles. The molecule has 3 heterocycles. The summed E-state index contributed by atoms with van der Waals surface area (Å²) in [7, 11) is 0. The molecule has 0 aliphatic heterocycles. The third-order valence-electron chi connectivity index (χ3n) is 5.73. The van der Waals surface area contributed by atoms with E-state index in [-0.39, 0.29) is 22.9 Å². The molecule has 170 valence electrons. The summed E-state index contributed by atoms with van der Waals surface area (Å²) in [5.74, 6) is 1.75. The molecule has 10 nitrogen and oxygen atoms in total. The van der Waals surface area contributed by atoms with Gasteiger partial charge in [-0.1, -0.05) is 17.7 Å². The third-order valence-corrected chi connectivity index (χ3v) is 6.04. The zero-order chi connectivity index (χ0) is 24.0. The Balaban J connectivity index is 1.76. The molecule has 1 aliphatic rings. The Morgan fingerprint density at radius 2 is 2.00 bits per heavy atom. The smallest absolute Gasteiger partial charge is 0.267 e. The lowest BCUT2D eigenvalue weighted by Gasteiger charge is -2.23. The number of hydrogen-bond donors (Lipinski definition) is 3. The number of nitrogen functional groups attached to an aromatic ring is 2. The Morgan fingerprint density at radius 3 is 2.68 bits per heavy atom. The van der Waals surface area contributed by atoms with Crippen molar-refractivity contribution >= 4 is 40.0 Å². The van der Waals surface area contributed by atoms with Crippen LogP contribution in [0.1, 0.15) is 36.1 Å². The van der Waals surface area contributed by atoms with Crippen molar-refractivity contribution in [3.63, 3.8) is 0 Å². The second-order valence-electron chi connectivity index (χ2n) is 8.14. The molecule has 0 unspecified atom stereocenters. The highest BCUT2D eigenvalue weighted by Crippen LogP contribution is 2.43. The zero-order valence-electron chi connectivity index (χ0n) is 18.2. The van der Waals surface area contributed by atoms with Crippen LogP contribution in [0.5, 0.6) is 0 Å². The molecule has 1 aliphatic carbocycles. The Kier molecular flexibility index (Phi) is 5.26. The number of pyridine rings is 1. The monoisotopic (exact) mass is 473 g/mol. The van der Waals surface area contributed by atoms with E-state index in [0.29, 0.717) is 44.9 Å². The predicted octanol–water partition coefficient (Wildman–Crippen LogP) is 3.13. The largest absolute Gasteiger partial charge is 0.384 e. The fourth-order valence-corrected chi connectivity index (χ4v) is 4.22. The van der Waals surface area contributed by atoms with Gasteiger partial charge in [-0.15, -0.1) is 0 Å². The quantitative estimate of drug-likeness (QED) is 0.395. The van der Waals surface area contributed by atoms with Crippen molar-refractivity contribution in [1.82, 2.24) is 24.5 Å². The molecule has 3 aromatic heterocycles. The van der Waals surface area contributed by atoms with Gasteiger partial charge in [0.2, 0.25) is 0 Å². The van der Waals surface area contributed by atoms with Gasteiger partial charge in [-0.05, 0) is 49.9 Å². The number of fused-ring (bicyclic) bond motifs is 1. The summed E-state index contributed by atoms with van der Waals surface area (Å²) in [5, 5.41) is 13.6. The molecule has 1 aromatic carbocycles. The Morgan fingerprint density at radius 1 is 1.21 bits per heavy atom. The average molecular weight is 474 g/mol. The van der Waals surface area contributed by atoms with E-state index < -0.39 is 6.04 Å². The van der Waals surface area contributed by atoms with Crippen LogP contribution in [0.25, 0.3) is 16.6 Å². The number of hydrogen-bond acceptors (Lipinski definition) is 9. The van der Waals surface area contributed by atoms with Gasteiger partial charge < -0.3 is 16.8 Å². The van der Waals surface area contributed by atoms with Crippen molar-refractivity contribution in [1.29, 1.82) is 5.26 Å². The number of nitrogens with one attached hydrogen (secondary N) is 1. The lowest BCUT2D eigenvalue weighted by molar-refractivity contribution is 0.608. The normalized spacial score (nSPS) is 14.0. The average Bonchev–Trinajstić information content (AvgIpc) is 3.63. The summed E-state index contributed by atoms with van der Waals surface area (Å²) in [6, 6.07) is 10.1. The van der Waals surface area contributed by atoms with E-state index in [1.54, 1.807) is 37.3 Å². The first-order valence-corrected chi connectivity index (χ1v) is 11.0. The van der Waals surface area contributed by atoms with Gasteiger partial charge in [0.25, 0.3) is 5.56 Å². The van der Waals surface area contributed by atoms with Crippen LogP contribution >= 0.6 is 11.6 Å². The van der Waals surface area contributed by atoms with Gasteiger partial charge in [0.05, 0.1) is 33.9 Å². The second kappa shape index (κ2) is 8.28. The number of aromatic nitrogens is 5. The maximum absolute atomic E-state index is 13.7. The van der Waals surface area contributed by atoms with Crippen molar-refractivity contribution < 1.29 is 0 Å². The molecule has 5 N–H and O–H groups in total. The maximum atomic E-state index is 13.7. The number of rotatable bonds is 5. The molecule has 1 saturated carbocycles. The fraction of sp³-hybridized carbons (Fsp3) is 0.217. The third kappa shape index (κ3) is 3.76. The highest BCUT2D eigenvalue weighted by Gasteiger charge is 2.37. The van der Waals surface area contributed by atoms with Gasteiger partial charge in [0, 0.05) is 0 Å². The van der Waals surface area contributed by atoms with Crippen LogP contribution in [-0.4, -0.2) is 24.5 Å². The van der Waals surface area contributed by atoms with E-state index in [2.05, 4.69) is 26.3 Å². The van der Waals surface area contributed by atoms with E-state index >= 15 is 0 Å². The number of nitrogens with two attached hydrogens (primary N) is 2. The van der Waals surface area contributed by atoms with E-state index in [0.717, 1.165) is 12.8 Å². The van der Waals surface area contributed by atoms with Gasteiger partial charge in [0.15, 0.2) is 5.82 Å². The minimum absolute atomic E-state index is 0.0884. The summed E-state index contributed by atoms with van der Waals surface area (Å²) in [4.78, 5) is 31.2. The molecule has 0 spiro atoms. The van der Waals surface area contributed by atoms with Gasteiger partial charge >= 0.3 is 0 Å². The van der Waals surface area contributed by atoms with Crippen LogP contribution in [0, 0.1) is 24.2 Å². The number of aryl methyl sites for hydroxylation is 1. The number of benzene rings is 1. The molecular formula is C23H20ClN9O. The standard InChI is InChI=1S/C23H20ClN9O/c1-11-29-20(27)14(9-25)21(30-11)32-19(12-5-6-12)22-31-16-4-2-3-15(24)18(16)23(34)33(22)13-7-8-17(26)28-10-13/h2-4,7-8,10,12,19H,5-6H2,1H3,(H2,26,28)(H3,27,29,30,32)/t19-/m0/s1. The van der Waals surface area contributed by atoms with Crippen molar-refractivity contribution in [2.45, 2.75) is 25.8 Å². The zero-order valence-corrected chi connectivity index (χ0v) is 18.9. The van der Waals surface area contributed by atoms with Crippen LogP contribution in [0.4, 0.5) is 17.5 Å². The van der Waals surface area contributed by atoms with E-state index in [9.17, 15) is 10.1 Å². The molecule has 5 rings (SSSR count). The Hall–Kier alpha value is -4.23. The van der Waals surface area contributed by atoms with Crippen LogP contribution in [0.3, 0.4) is 0 Å². The molecule has 0 bridgehead atoms. The lowest BCUT2D eigenvalue weighted by Crippen LogP contribution is -2.30.